The molecule has 1 fully saturated rings. The van der Waals surface area contributed by atoms with Crippen LogP contribution < -0.4 is 0 Å². The minimum Gasteiger partial charge on any atom is -0.452 e. The summed E-state index contributed by atoms with van der Waals surface area (Å²) in [5, 5.41) is 0.638. The van der Waals surface area contributed by atoms with E-state index in [9.17, 15) is 18.0 Å². The number of likely N-dealkylation sites (N-methyl/N-ethyl adjacent to an activating group) is 1. The van der Waals surface area contributed by atoms with Crippen molar-refractivity contribution in [1.82, 2.24) is 9.88 Å². The van der Waals surface area contributed by atoms with Crippen LogP contribution in [0.4, 0.5) is 0 Å². The van der Waals surface area contributed by atoms with E-state index in [1.807, 2.05) is 44.2 Å². The lowest BCUT2D eigenvalue weighted by atomic mass is 9.99. The second-order valence-electron chi connectivity index (χ2n) is 8.53. The first kappa shape index (κ1) is 22.9. The van der Waals surface area contributed by atoms with E-state index < -0.39 is 28.3 Å². The molecule has 3 aromatic rings. The van der Waals surface area contributed by atoms with Crippen molar-refractivity contribution < 1.29 is 22.7 Å². The molecule has 7 nitrogen and oxygen atoms in total. The predicted molar refractivity (Wildman–Crippen MR) is 127 cm³/mol. The second kappa shape index (κ2) is 8.94. The lowest BCUT2D eigenvalue weighted by Gasteiger charge is -2.23. The van der Waals surface area contributed by atoms with Crippen LogP contribution in [0.25, 0.3) is 22.2 Å². The SMILES string of the molecule is Cc1ccc(-c2cc(C(=O)OCC(=O)N(C)[C@H]3CCS(=O)(=O)C3)c3ccccc3n2)c(C)c1. The van der Waals surface area contributed by atoms with Gasteiger partial charge in [-0.25, -0.2) is 18.2 Å². The van der Waals surface area contributed by atoms with E-state index >= 15 is 0 Å². The van der Waals surface area contributed by atoms with Gasteiger partial charge in [-0.2, -0.15) is 0 Å². The number of nitrogens with zero attached hydrogens (tertiary/aromatic N) is 2. The van der Waals surface area contributed by atoms with Gasteiger partial charge in [0.05, 0.1) is 28.3 Å². The van der Waals surface area contributed by atoms with Gasteiger partial charge in [-0.05, 0) is 38.0 Å². The molecule has 0 N–H and O–H groups in total. The zero-order chi connectivity index (χ0) is 23.8. The highest BCUT2D eigenvalue weighted by Gasteiger charge is 2.33. The first-order valence-electron chi connectivity index (χ1n) is 10.8. The third-order valence-corrected chi connectivity index (χ3v) is 7.82. The molecule has 8 heteroatoms. The number of pyridine rings is 1. The van der Waals surface area contributed by atoms with Crippen LogP contribution in [0.2, 0.25) is 0 Å². The van der Waals surface area contributed by atoms with Crippen LogP contribution in [-0.4, -0.2) is 61.4 Å². The molecule has 172 valence electrons. The zero-order valence-corrected chi connectivity index (χ0v) is 19.7. The van der Waals surface area contributed by atoms with E-state index in [1.165, 1.54) is 4.90 Å². The summed E-state index contributed by atoms with van der Waals surface area (Å²) >= 11 is 0. The monoisotopic (exact) mass is 466 g/mol. The normalized spacial score (nSPS) is 17.1. The number of aryl methyl sites for hydroxylation is 2. The number of carbonyl (C=O) groups is 2. The maximum absolute atomic E-state index is 13.0. The van der Waals surface area contributed by atoms with Gasteiger partial charge in [-0.1, -0.05) is 42.0 Å². The fourth-order valence-corrected chi connectivity index (χ4v) is 5.95. The number of para-hydroxylation sites is 1. The van der Waals surface area contributed by atoms with Crippen molar-refractivity contribution in [1.29, 1.82) is 0 Å². The van der Waals surface area contributed by atoms with Crippen molar-refractivity contribution in [3.8, 4) is 11.3 Å². The van der Waals surface area contributed by atoms with E-state index in [-0.39, 0.29) is 17.5 Å². The molecule has 1 saturated heterocycles. The largest absolute Gasteiger partial charge is 0.452 e. The van der Waals surface area contributed by atoms with E-state index in [2.05, 4.69) is 6.07 Å². The molecule has 1 aliphatic rings. The lowest BCUT2D eigenvalue weighted by Crippen LogP contribution is -2.40. The molecule has 33 heavy (non-hydrogen) atoms. The molecule has 0 bridgehead atoms. The third kappa shape index (κ3) is 4.90. The third-order valence-electron chi connectivity index (χ3n) is 6.07. The number of hydrogen-bond donors (Lipinski definition) is 0. The minimum atomic E-state index is -3.12. The number of hydrogen-bond acceptors (Lipinski definition) is 6. The van der Waals surface area contributed by atoms with Crippen molar-refractivity contribution in [2.45, 2.75) is 26.3 Å². The molecule has 1 aliphatic heterocycles. The fourth-order valence-electron chi connectivity index (χ4n) is 4.17. The number of rotatable bonds is 5. The number of fused-ring (bicyclic) bond motifs is 1. The summed E-state index contributed by atoms with van der Waals surface area (Å²) in [6.07, 6.45) is 0.396. The Labute approximate surface area is 193 Å². The van der Waals surface area contributed by atoms with Gasteiger partial charge in [0.2, 0.25) is 0 Å². The molecule has 4 rings (SSSR count). The number of aromatic nitrogens is 1. The van der Waals surface area contributed by atoms with Crippen LogP contribution in [0.1, 0.15) is 27.9 Å². The minimum absolute atomic E-state index is 0.0581. The Balaban J connectivity index is 1.58. The predicted octanol–water partition coefficient (Wildman–Crippen LogP) is 3.32. The number of amides is 1. The maximum atomic E-state index is 13.0. The first-order chi connectivity index (χ1) is 15.6. The van der Waals surface area contributed by atoms with Crippen LogP contribution in [0.5, 0.6) is 0 Å². The van der Waals surface area contributed by atoms with Gasteiger partial charge >= 0.3 is 5.97 Å². The van der Waals surface area contributed by atoms with Crippen molar-refractivity contribution in [2.24, 2.45) is 0 Å². The molecule has 2 aromatic carbocycles. The molecule has 1 aromatic heterocycles. The average Bonchev–Trinajstić information content (AvgIpc) is 3.15. The number of carbonyl (C=O) groups excluding carboxylic acids is 2. The summed E-state index contributed by atoms with van der Waals surface area (Å²) < 4.78 is 28.8. The van der Waals surface area contributed by atoms with Gasteiger partial charge in [-0.3, -0.25) is 4.79 Å². The highest BCUT2D eigenvalue weighted by Crippen LogP contribution is 2.28. The van der Waals surface area contributed by atoms with Crippen LogP contribution in [0, 0.1) is 13.8 Å². The fraction of sp³-hybridized carbons (Fsp3) is 0.320. The van der Waals surface area contributed by atoms with Crippen molar-refractivity contribution in [2.75, 3.05) is 25.2 Å². The Morgan fingerprint density at radius 2 is 1.88 bits per heavy atom. The van der Waals surface area contributed by atoms with Gasteiger partial charge in [-0.15, -0.1) is 0 Å². The topological polar surface area (TPSA) is 93.6 Å². The summed E-state index contributed by atoms with van der Waals surface area (Å²) in [7, 11) is -1.58. The molecule has 1 amide bonds. The smallest absolute Gasteiger partial charge is 0.339 e. The van der Waals surface area contributed by atoms with Crippen LogP contribution in [0.3, 0.4) is 0 Å². The summed E-state index contributed by atoms with van der Waals surface area (Å²) in [5.74, 6) is -1.05. The van der Waals surface area contributed by atoms with Crippen LogP contribution >= 0.6 is 0 Å². The Kier molecular flexibility index (Phi) is 6.21. The van der Waals surface area contributed by atoms with E-state index in [0.717, 1.165) is 16.7 Å². The quantitative estimate of drug-likeness (QED) is 0.536. The number of benzene rings is 2. The Bertz CT molecular complexity index is 1350. The number of sulfone groups is 1. The Morgan fingerprint density at radius 3 is 2.58 bits per heavy atom. The standard InChI is InChI=1S/C25H26N2O5S/c1-16-8-9-19(17(2)12-16)23-13-21(20-6-4-5-7-22(20)26-23)25(29)32-14-24(28)27(3)18-10-11-33(30,31)15-18/h4-9,12-13,18H,10-11,14-15H2,1-3H3/t18-/m0/s1. The second-order valence-corrected chi connectivity index (χ2v) is 10.8. The van der Waals surface area contributed by atoms with Gasteiger partial charge in [0, 0.05) is 24.0 Å². The van der Waals surface area contributed by atoms with Crippen molar-refractivity contribution in [3.63, 3.8) is 0 Å². The summed E-state index contributed by atoms with van der Waals surface area (Å²) in [5.41, 5.74) is 4.72. The highest BCUT2D eigenvalue weighted by atomic mass is 32.2. The average molecular weight is 467 g/mol. The van der Waals surface area contributed by atoms with E-state index in [4.69, 9.17) is 9.72 Å². The molecule has 2 heterocycles. The molecule has 0 unspecified atom stereocenters. The van der Waals surface area contributed by atoms with Crippen LogP contribution in [0.15, 0.2) is 48.5 Å². The van der Waals surface area contributed by atoms with Gasteiger partial charge in [0.15, 0.2) is 16.4 Å². The molecule has 0 spiro atoms. The Morgan fingerprint density at radius 1 is 1.12 bits per heavy atom. The maximum Gasteiger partial charge on any atom is 0.339 e. The Hall–Kier alpha value is -3.26. The first-order valence-corrected chi connectivity index (χ1v) is 12.6. The van der Waals surface area contributed by atoms with Gasteiger partial charge in [0.1, 0.15) is 0 Å². The molecule has 1 atom stereocenters. The van der Waals surface area contributed by atoms with Gasteiger partial charge < -0.3 is 9.64 Å². The molecular formula is C25H26N2O5S. The number of esters is 1. The number of ether oxygens (including phenoxy) is 1. The summed E-state index contributed by atoms with van der Waals surface area (Å²) in [4.78, 5) is 31.7. The summed E-state index contributed by atoms with van der Waals surface area (Å²) in [6, 6.07) is 14.6. The molecule has 0 radical (unpaired) electrons. The van der Waals surface area contributed by atoms with Gasteiger partial charge in [0.25, 0.3) is 5.91 Å². The van der Waals surface area contributed by atoms with Crippen molar-refractivity contribution in [3.05, 3.63) is 65.2 Å². The van der Waals surface area contributed by atoms with Crippen LogP contribution in [-0.2, 0) is 19.4 Å². The van der Waals surface area contributed by atoms with Crippen molar-refractivity contribution >= 4 is 32.6 Å². The highest BCUT2D eigenvalue weighted by molar-refractivity contribution is 7.91. The zero-order valence-electron chi connectivity index (χ0n) is 18.9. The molecule has 0 saturated carbocycles. The van der Waals surface area contributed by atoms with E-state index in [0.29, 0.717) is 28.6 Å². The lowest BCUT2D eigenvalue weighted by molar-refractivity contribution is -0.134. The summed E-state index contributed by atoms with van der Waals surface area (Å²) in [6.45, 7) is 3.55. The van der Waals surface area contributed by atoms with E-state index in [1.54, 1.807) is 19.2 Å². The molecule has 0 aliphatic carbocycles. The molecular weight excluding hydrogens is 440 g/mol.